The lowest BCUT2D eigenvalue weighted by Crippen LogP contribution is -2.37. The van der Waals surface area contributed by atoms with Crippen molar-refractivity contribution in [1.29, 1.82) is 0 Å². The lowest BCUT2D eigenvalue weighted by molar-refractivity contribution is -0.114. The van der Waals surface area contributed by atoms with E-state index in [0.29, 0.717) is 5.69 Å². The van der Waals surface area contributed by atoms with E-state index in [-0.39, 0.29) is 16.6 Å². The highest BCUT2D eigenvalue weighted by Gasteiger charge is 2.22. The van der Waals surface area contributed by atoms with E-state index in [1.54, 1.807) is 12.1 Å². The minimum atomic E-state index is -3.77. The van der Waals surface area contributed by atoms with Crippen molar-refractivity contribution in [3.05, 3.63) is 58.9 Å². The average Bonchev–Trinajstić information content (AvgIpc) is 2.54. The Bertz CT molecular complexity index is 916. The number of sulfonamides is 1. The molecule has 0 aliphatic carbocycles. The highest BCUT2D eigenvalue weighted by atomic mass is 35.5. The van der Waals surface area contributed by atoms with E-state index in [1.807, 2.05) is 26.0 Å². The topological polar surface area (TPSA) is 66.5 Å². The number of carbonyl (C=O) groups excluding carboxylic acids is 1. The fourth-order valence-electron chi connectivity index (χ4n) is 2.47. The summed E-state index contributed by atoms with van der Waals surface area (Å²) in [7, 11) is -3.77. The summed E-state index contributed by atoms with van der Waals surface area (Å²) in [4.78, 5) is 12.4. The molecule has 0 spiro atoms. The van der Waals surface area contributed by atoms with Gasteiger partial charge >= 0.3 is 0 Å². The van der Waals surface area contributed by atoms with Crippen molar-refractivity contribution in [2.75, 3.05) is 22.4 Å². The van der Waals surface area contributed by atoms with Gasteiger partial charge in [-0.25, -0.2) is 12.8 Å². The van der Waals surface area contributed by atoms with Crippen molar-refractivity contribution < 1.29 is 17.6 Å². The van der Waals surface area contributed by atoms with Crippen molar-refractivity contribution in [3.63, 3.8) is 0 Å². The average molecular weight is 399 g/mol. The number of anilines is 2. The number of amides is 1. The molecule has 26 heavy (non-hydrogen) atoms. The molecule has 0 unspecified atom stereocenters. The van der Waals surface area contributed by atoms with Crippen molar-refractivity contribution >= 4 is 38.9 Å². The first-order valence-corrected chi connectivity index (χ1v) is 10.1. The molecule has 2 aromatic rings. The van der Waals surface area contributed by atoms with E-state index in [2.05, 4.69) is 5.32 Å². The molecule has 2 rings (SSSR count). The number of hydrogen-bond donors (Lipinski definition) is 1. The van der Waals surface area contributed by atoms with E-state index in [0.717, 1.165) is 22.2 Å². The van der Waals surface area contributed by atoms with Gasteiger partial charge in [0.15, 0.2) is 0 Å². The molecule has 0 saturated heterocycles. The zero-order valence-electron chi connectivity index (χ0n) is 14.7. The van der Waals surface area contributed by atoms with Crippen molar-refractivity contribution in [2.45, 2.75) is 19.8 Å². The third-order valence-electron chi connectivity index (χ3n) is 3.74. The third-order valence-corrected chi connectivity index (χ3v) is 5.17. The first kappa shape index (κ1) is 20.2. The molecule has 1 N–H and O–H groups in total. The maximum atomic E-state index is 13.3. The van der Waals surface area contributed by atoms with Crippen LogP contribution in [0.3, 0.4) is 0 Å². The van der Waals surface area contributed by atoms with Crippen LogP contribution in [0.2, 0.25) is 5.02 Å². The Morgan fingerprint density at radius 3 is 2.46 bits per heavy atom. The van der Waals surface area contributed by atoms with Crippen LogP contribution < -0.4 is 9.62 Å². The molecule has 0 radical (unpaired) electrons. The fraction of sp³-hybridized carbons (Fsp3) is 0.278. The number of nitrogens with zero attached hydrogens (tertiary/aromatic N) is 1. The van der Waals surface area contributed by atoms with Gasteiger partial charge in [0.2, 0.25) is 15.9 Å². The largest absolute Gasteiger partial charge is 0.324 e. The predicted octanol–water partition coefficient (Wildman–Crippen LogP) is 4.01. The lowest BCUT2D eigenvalue weighted by atomic mass is 10.0. The zero-order chi connectivity index (χ0) is 19.5. The summed E-state index contributed by atoms with van der Waals surface area (Å²) >= 11 is 5.73. The van der Waals surface area contributed by atoms with Gasteiger partial charge in [0.25, 0.3) is 0 Å². The minimum Gasteiger partial charge on any atom is -0.324 e. The highest BCUT2D eigenvalue weighted by molar-refractivity contribution is 7.92. The number of carbonyl (C=O) groups is 1. The van der Waals surface area contributed by atoms with Gasteiger partial charge in [-0.3, -0.25) is 9.10 Å². The van der Waals surface area contributed by atoms with Gasteiger partial charge in [-0.05, 0) is 35.7 Å². The summed E-state index contributed by atoms with van der Waals surface area (Å²) in [6.45, 7) is 3.54. The van der Waals surface area contributed by atoms with Gasteiger partial charge in [-0.2, -0.15) is 0 Å². The second-order valence-corrected chi connectivity index (χ2v) is 8.47. The highest BCUT2D eigenvalue weighted by Crippen LogP contribution is 2.26. The predicted molar refractivity (Wildman–Crippen MR) is 103 cm³/mol. The van der Waals surface area contributed by atoms with Crippen LogP contribution in [-0.2, 0) is 14.8 Å². The van der Waals surface area contributed by atoms with E-state index < -0.39 is 28.3 Å². The Morgan fingerprint density at radius 1 is 1.23 bits per heavy atom. The Kier molecular flexibility index (Phi) is 6.26. The molecule has 0 aliphatic heterocycles. The van der Waals surface area contributed by atoms with Crippen LogP contribution in [0.1, 0.15) is 25.3 Å². The molecule has 0 aromatic heterocycles. The van der Waals surface area contributed by atoms with E-state index in [9.17, 15) is 17.6 Å². The maximum Gasteiger partial charge on any atom is 0.245 e. The summed E-state index contributed by atoms with van der Waals surface area (Å²) < 4.78 is 38.4. The first-order valence-electron chi connectivity index (χ1n) is 7.91. The Morgan fingerprint density at radius 2 is 1.88 bits per heavy atom. The maximum absolute atomic E-state index is 13.3. The van der Waals surface area contributed by atoms with Crippen LogP contribution in [0.5, 0.6) is 0 Å². The third kappa shape index (κ3) is 4.95. The molecule has 0 heterocycles. The fourth-order valence-corrected chi connectivity index (χ4v) is 3.50. The van der Waals surface area contributed by atoms with Crippen molar-refractivity contribution in [1.82, 2.24) is 0 Å². The van der Waals surface area contributed by atoms with Crippen LogP contribution >= 0.6 is 11.6 Å². The molecule has 140 valence electrons. The smallest absolute Gasteiger partial charge is 0.245 e. The number of rotatable bonds is 6. The monoisotopic (exact) mass is 398 g/mol. The summed E-state index contributed by atoms with van der Waals surface area (Å²) in [5, 5.41) is 2.52. The van der Waals surface area contributed by atoms with Gasteiger partial charge in [0, 0.05) is 5.69 Å². The summed E-state index contributed by atoms with van der Waals surface area (Å²) in [5.41, 5.74) is 1.68. The zero-order valence-corrected chi connectivity index (χ0v) is 16.2. The van der Waals surface area contributed by atoms with Crippen molar-refractivity contribution in [3.8, 4) is 0 Å². The quantitative estimate of drug-likeness (QED) is 0.799. The number of nitrogens with one attached hydrogen (secondary N) is 1. The number of halogens is 2. The Labute approximate surface area is 157 Å². The summed E-state index contributed by atoms with van der Waals surface area (Å²) in [6, 6.07) is 10.8. The minimum absolute atomic E-state index is 0.117. The number of benzene rings is 2. The molecule has 0 saturated carbocycles. The second kappa shape index (κ2) is 8.05. The molecular formula is C18H20ClFN2O3S. The van der Waals surface area contributed by atoms with E-state index >= 15 is 0 Å². The van der Waals surface area contributed by atoms with Crippen LogP contribution in [-0.4, -0.2) is 27.1 Å². The molecule has 0 aliphatic rings. The van der Waals surface area contributed by atoms with Gasteiger partial charge in [0.05, 0.1) is 17.0 Å². The Balaban J connectivity index is 2.27. The number of hydrogen-bond acceptors (Lipinski definition) is 3. The molecule has 0 fully saturated rings. The molecule has 2 aromatic carbocycles. The van der Waals surface area contributed by atoms with Crippen LogP contribution in [0.15, 0.2) is 42.5 Å². The van der Waals surface area contributed by atoms with Gasteiger partial charge in [-0.15, -0.1) is 0 Å². The van der Waals surface area contributed by atoms with E-state index in [4.69, 9.17) is 11.6 Å². The molecule has 8 heteroatoms. The summed E-state index contributed by atoms with van der Waals surface area (Å²) in [6.07, 6.45) is 0.972. The van der Waals surface area contributed by atoms with Crippen LogP contribution in [0, 0.1) is 5.82 Å². The molecule has 0 atom stereocenters. The van der Waals surface area contributed by atoms with Crippen LogP contribution in [0.4, 0.5) is 15.8 Å². The van der Waals surface area contributed by atoms with E-state index in [1.165, 1.54) is 12.1 Å². The first-order chi connectivity index (χ1) is 12.1. The van der Waals surface area contributed by atoms with Crippen LogP contribution in [0.25, 0.3) is 0 Å². The van der Waals surface area contributed by atoms with Gasteiger partial charge in [-0.1, -0.05) is 43.6 Å². The summed E-state index contributed by atoms with van der Waals surface area (Å²) in [5.74, 6) is -0.989. The lowest BCUT2D eigenvalue weighted by Gasteiger charge is -2.22. The SMILES string of the molecule is CC(C)c1ccccc1NC(=O)CN(c1ccc(F)c(Cl)c1)S(C)(=O)=O. The standard InChI is InChI=1S/C18H20ClFN2O3S/c1-12(2)14-6-4-5-7-17(14)21-18(23)11-22(26(3,24)25)13-8-9-16(20)15(19)10-13/h4-10,12H,11H2,1-3H3,(H,21,23). The Hall–Kier alpha value is -2.12. The molecule has 5 nitrogen and oxygen atoms in total. The normalized spacial score (nSPS) is 11.5. The number of para-hydroxylation sites is 1. The second-order valence-electron chi connectivity index (χ2n) is 6.16. The van der Waals surface area contributed by atoms with Crippen molar-refractivity contribution in [2.24, 2.45) is 0 Å². The van der Waals surface area contributed by atoms with Gasteiger partial charge in [0.1, 0.15) is 12.4 Å². The molecule has 1 amide bonds. The van der Waals surface area contributed by atoms with Gasteiger partial charge < -0.3 is 5.32 Å². The molecule has 0 bridgehead atoms. The molecular weight excluding hydrogens is 379 g/mol.